The Morgan fingerprint density at radius 2 is 1.60 bits per heavy atom. The van der Waals surface area contributed by atoms with E-state index in [2.05, 4.69) is 15.5 Å². The van der Waals surface area contributed by atoms with Gasteiger partial charge in [-0.05, 0) is 29.5 Å². The Morgan fingerprint density at radius 3 is 2.37 bits per heavy atom. The highest BCUT2D eigenvalue weighted by molar-refractivity contribution is 6.01. The standard InChI is InChI=1S/C23H23N5O2/c29-21(11-16-7-3-1-4-8-16)27-13-17-12-20-25-26-22(28(20)15-18(17)14-27)23(30)24-19-9-5-2-6-10-19/h1-10,17-18H,11-15H2,(H,24,30)/t17-,18+/m0/s1. The molecule has 0 radical (unpaired) electrons. The first-order chi connectivity index (χ1) is 14.7. The summed E-state index contributed by atoms with van der Waals surface area (Å²) in [4.78, 5) is 27.5. The lowest BCUT2D eigenvalue weighted by Gasteiger charge is -2.25. The number of carbonyl (C=O) groups excluding carboxylic acids is 2. The van der Waals surface area contributed by atoms with Crippen molar-refractivity contribution in [3.63, 3.8) is 0 Å². The van der Waals surface area contributed by atoms with E-state index in [4.69, 9.17) is 0 Å². The minimum atomic E-state index is -0.256. The largest absolute Gasteiger partial charge is 0.342 e. The van der Waals surface area contributed by atoms with Gasteiger partial charge in [-0.15, -0.1) is 10.2 Å². The third-order valence-electron chi connectivity index (χ3n) is 6.05. The van der Waals surface area contributed by atoms with E-state index in [0.29, 0.717) is 37.2 Å². The Balaban J connectivity index is 1.27. The summed E-state index contributed by atoms with van der Waals surface area (Å²) in [7, 11) is 0. The monoisotopic (exact) mass is 401 g/mol. The number of hydrogen-bond acceptors (Lipinski definition) is 4. The zero-order valence-electron chi connectivity index (χ0n) is 16.6. The Hall–Kier alpha value is -3.48. The molecule has 2 atom stereocenters. The van der Waals surface area contributed by atoms with Crippen LogP contribution in [0.15, 0.2) is 60.7 Å². The first-order valence-electron chi connectivity index (χ1n) is 10.3. The van der Waals surface area contributed by atoms with E-state index >= 15 is 0 Å². The van der Waals surface area contributed by atoms with Crippen LogP contribution < -0.4 is 5.32 Å². The number of likely N-dealkylation sites (tertiary alicyclic amines) is 1. The van der Waals surface area contributed by atoms with Gasteiger partial charge in [0, 0.05) is 31.7 Å². The Bertz CT molecular complexity index is 1060. The van der Waals surface area contributed by atoms with Crippen molar-refractivity contribution in [3.05, 3.63) is 77.9 Å². The van der Waals surface area contributed by atoms with Gasteiger partial charge < -0.3 is 14.8 Å². The van der Waals surface area contributed by atoms with Gasteiger partial charge in [0.15, 0.2) is 0 Å². The van der Waals surface area contributed by atoms with E-state index in [-0.39, 0.29) is 11.8 Å². The molecule has 0 aliphatic carbocycles. The fraction of sp³-hybridized carbons (Fsp3) is 0.304. The van der Waals surface area contributed by atoms with Crippen LogP contribution in [-0.4, -0.2) is 44.6 Å². The van der Waals surface area contributed by atoms with Gasteiger partial charge in [-0.1, -0.05) is 48.5 Å². The molecule has 30 heavy (non-hydrogen) atoms. The Labute approximate surface area is 174 Å². The second kappa shape index (κ2) is 7.74. The third kappa shape index (κ3) is 3.58. The molecule has 0 saturated carbocycles. The lowest BCUT2D eigenvalue weighted by Crippen LogP contribution is -2.31. The number of hydrogen-bond donors (Lipinski definition) is 1. The van der Waals surface area contributed by atoms with Gasteiger partial charge in [0.2, 0.25) is 11.7 Å². The quantitative estimate of drug-likeness (QED) is 0.728. The van der Waals surface area contributed by atoms with E-state index < -0.39 is 0 Å². The van der Waals surface area contributed by atoms with Crippen molar-refractivity contribution >= 4 is 17.5 Å². The number of fused-ring (bicyclic) bond motifs is 2. The van der Waals surface area contributed by atoms with Crippen LogP contribution in [0, 0.1) is 11.8 Å². The number of carbonyl (C=O) groups is 2. The molecule has 1 aromatic heterocycles. The number of nitrogens with one attached hydrogen (secondary N) is 1. The van der Waals surface area contributed by atoms with Crippen LogP contribution in [-0.2, 0) is 24.2 Å². The molecule has 0 unspecified atom stereocenters. The summed E-state index contributed by atoms with van der Waals surface area (Å²) in [6.45, 7) is 2.13. The number of para-hydroxylation sites is 1. The number of anilines is 1. The van der Waals surface area contributed by atoms with Gasteiger partial charge >= 0.3 is 0 Å². The highest BCUT2D eigenvalue weighted by Gasteiger charge is 2.40. The number of nitrogens with zero attached hydrogens (tertiary/aromatic N) is 4. The van der Waals surface area contributed by atoms with Crippen LogP contribution in [0.1, 0.15) is 22.0 Å². The number of amides is 2. The lowest BCUT2D eigenvalue weighted by molar-refractivity contribution is -0.129. The number of aromatic nitrogens is 3. The summed E-state index contributed by atoms with van der Waals surface area (Å²) in [5.74, 6) is 1.75. The average Bonchev–Trinajstić information content (AvgIpc) is 3.37. The van der Waals surface area contributed by atoms with Crippen LogP contribution >= 0.6 is 0 Å². The van der Waals surface area contributed by atoms with Crippen molar-refractivity contribution in [3.8, 4) is 0 Å². The second-order valence-corrected chi connectivity index (χ2v) is 8.06. The maximum absolute atomic E-state index is 12.8. The maximum Gasteiger partial charge on any atom is 0.293 e. The van der Waals surface area contributed by atoms with E-state index in [1.165, 1.54) is 0 Å². The molecule has 3 aromatic rings. The minimum absolute atomic E-state index is 0.161. The summed E-state index contributed by atoms with van der Waals surface area (Å²) in [5, 5.41) is 11.3. The average molecular weight is 401 g/mol. The molecule has 0 bridgehead atoms. The van der Waals surface area contributed by atoms with Crippen LogP contribution in [0.5, 0.6) is 0 Å². The van der Waals surface area contributed by atoms with Gasteiger partial charge in [-0.2, -0.15) is 0 Å². The van der Waals surface area contributed by atoms with Crippen LogP contribution in [0.2, 0.25) is 0 Å². The smallest absolute Gasteiger partial charge is 0.293 e. The molecule has 3 heterocycles. The van der Waals surface area contributed by atoms with Crippen molar-refractivity contribution in [2.24, 2.45) is 11.8 Å². The highest BCUT2D eigenvalue weighted by atomic mass is 16.2. The van der Waals surface area contributed by atoms with Gasteiger partial charge in [0.1, 0.15) is 5.82 Å². The summed E-state index contributed by atoms with van der Waals surface area (Å²) in [6.07, 6.45) is 1.17. The van der Waals surface area contributed by atoms with Crippen LogP contribution in [0.4, 0.5) is 5.69 Å². The molecule has 152 valence electrons. The molecule has 0 spiro atoms. The Kier molecular flexibility index (Phi) is 4.78. The fourth-order valence-electron chi connectivity index (χ4n) is 4.49. The van der Waals surface area contributed by atoms with Gasteiger partial charge in [-0.3, -0.25) is 9.59 Å². The predicted molar refractivity (Wildman–Crippen MR) is 112 cm³/mol. The molecule has 2 aromatic carbocycles. The first kappa shape index (κ1) is 18.5. The lowest BCUT2D eigenvalue weighted by atomic mass is 9.89. The van der Waals surface area contributed by atoms with Crippen molar-refractivity contribution in [1.29, 1.82) is 0 Å². The first-order valence-corrected chi connectivity index (χ1v) is 10.3. The zero-order chi connectivity index (χ0) is 20.5. The molecule has 7 nitrogen and oxygen atoms in total. The minimum Gasteiger partial charge on any atom is -0.342 e. The fourth-order valence-corrected chi connectivity index (χ4v) is 4.49. The van der Waals surface area contributed by atoms with E-state index in [1.54, 1.807) is 0 Å². The summed E-state index contributed by atoms with van der Waals surface area (Å²) >= 11 is 0. The zero-order valence-corrected chi connectivity index (χ0v) is 16.6. The van der Waals surface area contributed by atoms with Crippen LogP contribution in [0.25, 0.3) is 0 Å². The molecule has 2 aliphatic heterocycles. The number of benzene rings is 2. The van der Waals surface area contributed by atoms with Crippen molar-refractivity contribution < 1.29 is 9.59 Å². The van der Waals surface area contributed by atoms with Crippen LogP contribution in [0.3, 0.4) is 0 Å². The van der Waals surface area contributed by atoms with Crippen molar-refractivity contribution in [2.45, 2.75) is 19.4 Å². The number of rotatable bonds is 4. The normalized spacial score (nSPS) is 19.8. The van der Waals surface area contributed by atoms with Gasteiger partial charge in [0.25, 0.3) is 5.91 Å². The molecule has 1 saturated heterocycles. The SMILES string of the molecule is O=C(Nc1ccccc1)c1nnc2n1C[C@H]1CN(C(=O)Cc3ccccc3)C[C@@H]1C2. The molecular weight excluding hydrogens is 378 g/mol. The maximum atomic E-state index is 12.8. The van der Waals surface area contributed by atoms with Gasteiger partial charge in [0.05, 0.1) is 6.42 Å². The summed E-state index contributed by atoms with van der Waals surface area (Å²) < 4.78 is 1.92. The molecular formula is C23H23N5O2. The Morgan fingerprint density at radius 1 is 0.900 bits per heavy atom. The topological polar surface area (TPSA) is 80.1 Å². The summed E-state index contributed by atoms with van der Waals surface area (Å²) in [6, 6.07) is 19.2. The predicted octanol–water partition coefficient (Wildman–Crippen LogP) is 2.40. The molecule has 7 heteroatoms. The van der Waals surface area contributed by atoms with E-state index in [0.717, 1.165) is 30.0 Å². The molecule has 2 aliphatic rings. The highest BCUT2D eigenvalue weighted by Crippen LogP contribution is 2.33. The van der Waals surface area contributed by atoms with E-state index in [1.807, 2.05) is 70.1 Å². The molecule has 1 fully saturated rings. The third-order valence-corrected chi connectivity index (χ3v) is 6.05. The van der Waals surface area contributed by atoms with Crippen molar-refractivity contribution in [2.75, 3.05) is 18.4 Å². The molecule has 2 amide bonds. The molecule has 1 N–H and O–H groups in total. The second-order valence-electron chi connectivity index (χ2n) is 8.06. The summed E-state index contributed by atoms with van der Waals surface area (Å²) in [5.41, 5.74) is 1.77. The van der Waals surface area contributed by atoms with E-state index in [9.17, 15) is 9.59 Å². The molecule has 5 rings (SSSR count). The van der Waals surface area contributed by atoms with Crippen molar-refractivity contribution in [1.82, 2.24) is 19.7 Å². The van der Waals surface area contributed by atoms with Gasteiger partial charge in [-0.25, -0.2) is 0 Å².